The molecule has 0 atom stereocenters. The zero-order chi connectivity index (χ0) is 24.0. The number of anilines is 2. The highest BCUT2D eigenvalue weighted by Crippen LogP contribution is 2.29. The molecule has 3 rings (SSSR count). The minimum atomic E-state index is -0.705. The van der Waals surface area contributed by atoms with Crippen LogP contribution in [0.15, 0.2) is 54.7 Å². The van der Waals surface area contributed by atoms with Crippen molar-refractivity contribution in [1.82, 2.24) is 10.3 Å². The first-order valence-electron chi connectivity index (χ1n) is 9.95. The minimum Gasteiger partial charge on any atom is -0.489 e. The number of nitrogens with one attached hydrogen (secondary N) is 3. The van der Waals surface area contributed by atoms with Gasteiger partial charge in [0.1, 0.15) is 28.8 Å². The van der Waals surface area contributed by atoms with Crippen LogP contribution in [0, 0.1) is 5.82 Å². The molecule has 0 unspecified atom stereocenters. The van der Waals surface area contributed by atoms with E-state index in [4.69, 9.17) is 21.1 Å². The van der Waals surface area contributed by atoms with Gasteiger partial charge in [0.15, 0.2) is 0 Å². The molecule has 0 radical (unpaired) electrons. The Labute approximate surface area is 195 Å². The van der Waals surface area contributed by atoms with Crippen molar-refractivity contribution in [3.05, 3.63) is 71.3 Å². The molecule has 33 heavy (non-hydrogen) atoms. The lowest BCUT2D eigenvalue weighted by Gasteiger charge is -2.14. The molecule has 0 bridgehead atoms. The molecule has 0 aliphatic rings. The Balaban J connectivity index is 1.66. The predicted molar refractivity (Wildman–Crippen MR) is 124 cm³/mol. The number of carbonyl (C=O) groups is 2. The van der Waals surface area contributed by atoms with Crippen molar-refractivity contribution in [2.45, 2.75) is 20.0 Å². The standard InChI is InChI=1S/C23H22ClFN4O4/c1-13(2)32-21-10-14(4-6-17(21)24)28-23(31)29-19-7-5-15(11-18(19)25)33-16-8-9-27-20(12-16)22(30)26-3/h4-13H,1-3H3,(H,26,30)(H2,28,29,31). The third kappa shape index (κ3) is 6.56. The first-order valence-corrected chi connectivity index (χ1v) is 10.3. The zero-order valence-electron chi connectivity index (χ0n) is 18.1. The summed E-state index contributed by atoms with van der Waals surface area (Å²) in [5.74, 6) is -0.166. The summed E-state index contributed by atoms with van der Waals surface area (Å²) < 4.78 is 25.7. The number of hydrogen-bond acceptors (Lipinski definition) is 5. The van der Waals surface area contributed by atoms with E-state index in [0.29, 0.717) is 22.2 Å². The number of nitrogens with zero attached hydrogens (tertiary/aromatic N) is 1. The van der Waals surface area contributed by atoms with Crippen molar-refractivity contribution in [1.29, 1.82) is 0 Å². The first kappa shape index (κ1) is 23.8. The Kier molecular flexibility index (Phi) is 7.68. The van der Waals surface area contributed by atoms with Crippen molar-refractivity contribution in [2.24, 2.45) is 0 Å². The molecular formula is C23H22ClFN4O4. The summed E-state index contributed by atoms with van der Waals surface area (Å²) in [5, 5.41) is 7.91. The van der Waals surface area contributed by atoms with Crippen molar-refractivity contribution in [3.63, 3.8) is 0 Å². The summed E-state index contributed by atoms with van der Waals surface area (Å²) in [6.45, 7) is 3.71. The number of pyridine rings is 1. The van der Waals surface area contributed by atoms with Gasteiger partial charge in [0.2, 0.25) is 0 Å². The van der Waals surface area contributed by atoms with Crippen LogP contribution in [0.4, 0.5) is 20.6 Å². The van der Waals surface area contributed by atoms with Gasteiger partial charge in [-0.25, -0.2) is 9.18 Å². The van der Waals surface area contributed by atoms with E-state index in [2.05, 4.69) is 20.9 Å². The molecule has 3 N–H and O–H groups in total. The second kappa shape index (κ2) is 10.6. The van der Waals surface area contributed by atoms with Gasteiger partial charge in [0.25, 0.3) is 5.91 Å². The normalized spacial score (nSPS) is 10.5. The van der Waals surface area contributed by atoms with Crippen LogP contribution >= 0.6 is 11.6 Å². The van der Waals surface area contributed by atoms with Gasteiger partial charge in [0.05, 0.1) is 16.8 Å². The largest absolute Gasteiger partial charge is 0.489 e. The van der Waals surface area contributed by atoms with Crippen LogP contribution in [0.1, 0.15) is 24.3 Å². The molecule has 8 nitrogen and oxygen atoms in total. The topological polar surface area (TPSA) is 102 Å². The Hall–Kier alpha value is -3.85. The van der Waals surface area contributed by atoms with Crippen LogP contribution in [-0.2, 0) is 0 Å². The quantitative estimate of drug-likeness (QED) is 0.424. The second-order valence-corrected chi connectivity index (χ2v) is 7.50. The van der Waals surface area contributed by atoms with E-state index in [1.54, 1.807) is 18.2 Å². The van der Waals surface area contributed by atoms with Crippen LogP contribution in [0.5, 0.6) is 17.2 Å². The van der Waals surface area contributed by atoms with Crippen LogP contribution in [0.2, 0.25) is 5.02 Å². The average Bonchev–Trinajstić information content (AvgIpc) is 2.77. The Morgan fingerprint density at radius 1 is 1.03 bits per heavy atom. The van der Waals surface area contributed by atoms with E-state index in [0.717, 1.165) is 6.07 Å². The maximum absolute atomic E-state index is 14.5. The summed E-state index contributed by atoms with van der Waals surface area (Å²) in [6, 6.07) is 11.1. The fourth-order valence-electron chi connectivity index (χ4n) is 2.73. The van der Waals surface area contributed by atoms with E-state index >= 15 is 0 Å². The van der Waals surface area contributed by atoms with Crippen LogP contribution < -0.4 is 25.4 Å². The lowest BCUT2D eigenvalue weighted by molar-refractivity contribution is 0.0957. The smallest absolute Gasteiger partial charge is 0.323 e. The molecule has 0 fully saturated rings. The average molecular weight is 473 g/mol. The minimum absolute atomic E-state index is 0.0479. The zero-order valence-corrected chi connectivity index (χ0v) is 18.9. The SMILES string of the molecule is CNC(=O)c1cc(Oc2ccc(NC(=O)Nc3ccc(Cl)c(OC(C)C)c3)c(F)c2)ccn1. The maximum atomic E-state index is 14.5. The number of benzene rings is 2. The monoisotopic (exact) mass is 472 g/mol. The summed E-state index contributed by atoms with van der Waals surface area (Å²) in [7, 11) is 1.49. The molecule has 0 saturated carbocycles. The number of hydrogen-bond donors (Lipinski definition) is 3. The number of amides is 3. The molecule has 3 aromatic rings. The summed E-state index contributed by atoms with van der Waals surface area (Å²) in [5.41, 5.74) is 0.542. The van der Waals surface area contributed by atoms with Crippen molar-refractivity contribution < 1.29 is 23.5 Å². The maximum Gasteiger partial charge on any atom is 0.323 e. The van der Waals surface area contributed by atoms with E-state index < -0.39 is 11.8 Å². The molecule has 10 heteroatoms. The van der Waals surface area contributed by atoms with E-state index in [9.17, 15) is 14.0 Å². The van der Waals surface area contributed by atoms with Gasteiger partial charge in [0, 0.05) is 37.1 Å². The first-order chi connectivity index (χ1) is 15.7. The Morgan fingerprint density at radius 3 is 2.48 bits per heavy atom. The van der Waals surface area contributed by atoms with E-state index in [1.807, 2.05) is 13.8 Å². The number of carbonyl (C=O) groups excluding carboxylic acids is 2. The van der Waals surface area contributed by atoms with Crippen molar-refractivity contribution in [2.75, 3.05) is 17.7 Å². The van der Waals surface area contributed by atoms with Gasteiger partial charge >= 0.3 is 6.03 Å². The van der Waals surface area contributed by atoms with Gasteiger partial charge in [-0.1, -0.05) is 11.6 Å². The number of halogens is 2. The lowest BCUT2D eigenvalue weighted by Crippen LogP contribution is -2.20. The number of rotatable bonds is 7. The molecule has 0 saturated heterocycles. The van der Waals surface area contributed by atoms with Crippen LogP contribution in [-0.4, -0.2) is 30.1 Å². The molecule has 3 amide bonds. The van der Waals surface area contributed by atoms with Crippen LogP contribution in [0.3, 0.4) is 0 Å². The third-order valence-corrected chi connectivity index (χ3v) is 4.48. The molecular weight excluding hydrogens is 451 g/mol. The Bertz CT molecular complexity index is 1170. The number of ether oxygens (including phenoxy) is 2. The predicted octanol–water partition coefficient (Wildman–Crippen LogP) is 5.46. The molecule has 2 aromatic carbocycles. The molecule has 0 spiro atoms. The van der Waals surface area contributed by atoms with E-state index in [-0.39, 0.29) is 29.1 Å². The van der Waals surface area contributed by atoms with Gasteiger partial charge in [-0.05, 0) is 44.2 Å². The highest BCUT2D eigenvalue weighted by atomic mass is 35.5. The van der Waals surface area contributed by atoms with Gasteiger partial charge in [-0.3, -0.25) is 9.78 Å². The Morgan fingerprint density at radius 2 is 1.79 bits per heavy atom. The van der Waals surface area contributed by atoms with E-state index in [1.165, 1.54) is 37.5 Å². The summed E-state index contributed by atoms with van der Waals surface area (Å²) in [4.78, 5) is 27.9. The summed E-state index contributed by atoms with van der Waals surface area (Å²) in [6.07, 6.45) is 1.31. The lowest BCUT2D eigenvalue weighted by atomic mass is 10.2. The molecule has 1 aromatic heterocycles. The van der Waals surface area contributed by atoms with Gasteiger partial charge in [-0.15, -0.1) is 0 Å². The fourth-order valence-corrected chi connectivity index (χ4v) is 2.90. The highest BCUT2D eigenvalue weighted by molar-refractivity contribution is 6.32. The van der Waals surface area contributed by atoms with Crippen molar-refractivity contribution >= 4 is 34.9 Å². The van der Waals surface area contributed by atoms with Gasteiger partial charge in [-0.2, -0.15) is 0 Å². The van der Waals surface area contributed by atoms with Crippen molar-refractivity contribution in [3.8, 4) is 17.2 Å². The van der Waals surface area contributed by atoms with Gasteiger partial charge < -0.3 is 25.4 Å². The fraction of sp³-hybridized carbons (Fsp3) is 0.174. The highest BCUT2D eigenvalue weighted by Gasteiger charge is 2.12. The van der Waals surface area contributed by atoms with Crippen LogP contribution in [0.25, 0.3) is 0 Å². The number of aromatic nitrogens is 1. The summed E-state index contributed by atoms with van der Waals surface area (Å²) >= 11 is 6.09. The third-order valence-electron chi connectivity index (χ3n) is 4.17. The number of urea groups is 1. The molecule has 0 aliphatic carbocycles. The molecule has 0 aliphatic heterocycles. The second-order valence-electron chi connectivity index (χ2n) is 7.09. The molecule has 1 heterocycles. The molecule has 172 valence electrons.